The van der Waals surface area contributed by atoms with Gasteiger partial charge >= 0.3 is 0 Å². The lowest BCUT2D eigenvalue weighted by Gasteiger charge is -2.20. The summed E-state index contributed by atoms with van der Waals surface area (Å²) in [5.74, 6) is 1.43. The molecule has 1 atom stereocenters. The lowest BCUT2D eigenvalue weighted by atomic mass is 10.2. The largest absolute Gasteiger partial charge is 0.481 e. The first-order valence-electron chi connectivity index (χ1n) is 8.65. The number of ether oxygens (including phenoxy) is 1. The number of nitrogens with zero attached hydrogens (tertiary/aromatic N) is 3. The van der Waals surface area contributed by atoms with Gasteiger partial charge in [0.05, 0.1) is 7.11 Å². The molecule has 0 bridgehead atoms. The van der Waals surface area contributed by atoms with Gasteiger partial charge in [0.15, 0.2) is 5.96 Å². The number of hydrogen-bond acceptors (Lipinski definition) is 4. The zero-order valence-corrected chi connectivity index (χ0v) is 19.4. The molecule has 0 saturated carbocycles. The summed E-state index contributed by atoms with van der Waals surface area (Å²) >= 11 is 3.49. The first kappa shape index (κ1) is 21.7. The van der Waals surface area contributed by atoms with Gasteiger partial charge in [-0.05, 0) is 36.8 Å². The predicted octanol–water partition coefficient (Wildman–Crippen LogP) is 3.41. The highest BCUT2D eigenvalue weighted by atomic mass is 127. The molecule has 2 aromatic rings. The highest BCUT2D eigenvalue weighted by Gasteiger charge is 2.23. The summed E-state index contributed by atoms with van der Waals surface area (Å²) in [4.78, 5) is 11.0. The van der Waals surface area contributed by atoms with Crippen LogP contribution in [0, 0.1) is 0 Å². The molecular formula is C19H25BrIN5O. The van der Waals surface area contributed by atoms with Crippen LogP contribution in [0.4, 0.5) is 5.69 Å². The van der Waals surface area contributed by atoms with Crippen molar-refractivity contribution in [3.05, 3.63) is 52.6 Å². The molecule has 1 saturated heterocycles. The second-order valence-corrected chi connectivity index (χ2v) is 7.07. The van der Waals surface area contributed by atoms with Crippen LogP contribution in [-0.2, 0) is 6.54 Å². The number of nitrogens with one attached hydrogen (secondary N) is 2. The number of anilines is 1. The van der Waals surface area contributed by atoms with Crippen molar-refractivity contribution in [2.24, 2.45) is 4.99 Å². The fourth-order valence-electron chi connectivity index (χ4n) is 3.07. The van der Waals surface area contributed by atoms with Gasteiger partial charge in [-0.3, -0.25) is 4.99 Å². The van der Waals surface area contributed by atoms with Crippen LogP contribution in [0.2, 0.25) is 0 Å². The molecule has 1 aliphatic rings. The molecule has 1 unspecified atom stereocenters. The molecule has 8 heteroatoms. The number of pyridine rings is 1. The zero-order valence-electron chi connectivity index (χ0n) is 15.5. The van der Waals surface area contributed by atoms with Crippen LogP contribution in [-0.4, -0.2) is 44.2 Å². The number of guanidine groups is 1. The quantitative estimate of drug-likeness (QED) is 0.342. The Morgan fingerprint density at radius 1 is 1.33 bits per heavy atom. The Morgan fingerprint density at radius 3 is 2.81 bits per heavy atom. The molecule has 146 valence electrons. The molecule has 2 heterocycles. The second-order valence-electron chi connectivity index (χ2n) is 6.15. The van der Waals surface area contributed by atoms with Crippen LogP contribution >= 0.6 is 39.9 Å². The Balaban J connectivity index is 0.00000261. The van der Waals surface area contributed by atoms with Crippen molar-refractivity contribution in [3.63, 3.8) is 0 Å². The molecule has 6 nitrogen and oxygen atoms in total. The molecule has 2 N–H and O–H groups in total. The molecule has 0 amide bonds. The van der Waals surface area contributed by atoms with E-state index in [4.69, 9.17) is 4.74 Å². The van der Waals surface area contributed by atoms with E-state index in [2.05, 4.69) is 65.7 Å². The van der Waals surface area contributed by atoms with Crippen molar-refractivity contribution in [1.29, 1.82) is 0 Å². The minimum atomic E-state index is 0. The van der Waals surface area contributed by atoms with E-state index in [9.17, 15) is 0 Å². The van der Waals surface area contributed by atoms with Crippen molar-refractivity contribution in [2.45, 2.75) is 19.0 Å². The summed E-state index contributed by atoms with van der Waals surface area (Å²) in [5.41, 5.74) is 2.25. The van der Waals surface area contributed by atoms with E-state index in [0.29, 0.717) is 18.5 Å². The molecule has 1 aliphatic heterocycles. The van der Waals surface area contributed by atoms with Gasteiger partial charge in [-0.1, -0.05) is 22.0 Å². The van der Waals surface area contributed by atoms with Crippen LogP contribution in [0.5, 0.6) is 5.88 Å². The monoisotopic (exact) mass is 545 g/mol. The predicted molar refractivity (Wildman–Crippen MR) is 124 cm³/mol. The maximum absolute atomic E-state index is 5.29. The number of hydrogen-bond donors (Lipinski definition) is 2. The molecule has 1 fully saturated rings. The van der Waals surface area contributed by atoms with E-state index in [1.807, 2.05) is 12.1 Å². The average molecular weight is 546 g/mol. The number of methoxy groups -OCH3 is 1. The topological polar surface area (TPSA) is 61.8 Å². The Morgan fingerprint density at radius 2 is 2.11 bits per heavy atom. The molecule has 1 aromatic carbocycles. The van der Waals surface area contributed by atoms with Gasteiger partial charge in [0.25, 0.3) is 0 Å². The van der Waals surface area contributed by atoms with Crippen molar-refractivity contribution >= 4 is 51.6 Å². The lowest BCUT2D eigenvalue weighted by molar-refractivity contribution is 0.392. The maximum atomic E-state index is 5.29. The fraction of sp³-hybridized carbons (Fsp3) is 0.368. The van der Waals surface area contributed by atoms with Gasteiger partial charge in [0, 0.05) is 54.6 Å². The molecule has 3 rings (SSSR count). The Hall–Kier alpha value is -1.55. The average Bonchev–Trinajstić information content (AvgIpc) is 3.14. The Kier molecular flexibility index (Phi) is 8.62. The van der Waals surface area contributed by atoms with Gasteiger partial charge in [-0.15, -0.1) is 24.0 Å². The summed E-state index contributed by atoms with van der Waals surface area (Å²) in [5, 5.41) is 6.85. The number of aromatic nitrogens is 1. The summed E-state index contributed by atoms with van der Waals surface area (Å²) in [6.07, 6.45) is 2.80. The third-order valence-corrected chi connectivity index (χ3v) is 4.96. The summed E-state index contributed by atoms with van der Waals surface area (Å²) in [7, 11) is 3.42. The van der Waals surface area contributed by atoms with Gasteiger partial charge < -0.3 is 20.3 Å². The van der Waals surface area contributed by atoms with Gasteiger partial charge in [0.2, 0.25) is 5.88 Å². The molecule has 0 spiro atoms. The van der Waals surface area contributed by atoms with Crippen LogP contribution in [0.1, 0.15) is 12.0 Å². The molecule has 0 radical (unpaired) electrons. The number of aliphatic imine (C=N–C) groups is 1. The van der Waals surface area contributed by atoms with Gasteiger partial charge in [0.1, 0.15) is 0 Å². The second kappa shape index (κ2) is 10.7. The van der Waals surface area contributed by atoms with Crippen molar-refractivity contribution in [3.8, 4) is 5.88 Å². The number of benzene rings is 1. The number of halogens is 2. The standard InChI is InChI=1S/C19H24BrN5O.HI/c1-21-19(23-12-14-4-3-10-22-18(14)26-2)24-16-9-11-25(13-16)17-7-5-15(20)6-8-17;/h3-8,10,16H,9,11-13H2,1-2H3,(H2,21,23,24);1H. The SMILES string of the molecule is CN=C(NCc1cccnc1OC)NC1CCN(c2ccc(Br)cc2)C1.I. The fourth-order valence-corrected chi connectivity index (χ4v) is 3.34. The minimum Gasteiger partial charge on any atom is -0.481 e. The molecular weight excluding hydrogens is 521 g/mol. The van der Waals surface area contributed by atoms with Gasteiger partial charge in [-0.25, -0.2) is 4.98 Å². The summed E-state index contributed by atoms with van der Waals surface area (Å²) < 4.78 is 6.40. The van der Waals surface area contributed by atoms with E-state index in [0.717, 1.165) is 35.5 Å². The van der Waals surface area contributed by atoms with Crippen molar-refractivity contribution in [2.75, 3.05) is 32.1 Å². The third-order valence-electron chi connectivity index (χ3n) is 4.43. The maximum Gasteiger partial charge on any atom is 0.218 e. The van der Waals surface area contributed by atoms with Crippen molar-refractivity contribution in [1.82, 2.24) is 15.6 Å². The first-order valence-corrected chi connectivity index (χ1v) is 9.44. The van der Waals surface area contributed by atoms with Crippen LogP contribution in [0.3, 0.4) is 0 Å². The molecule has 27 heavy (non-hydrogen) atoms. The number of rotatable bonds is 5. The van der Waals surface area contributed by atoms with Crippen LogP contribution in [0.25, 0.3) is 0 Å². The van der Waals surface area contributed by atoms with Crippen molar-refractivity contribution < 1.29 is 4.74 Å². The highest BCUT2D eigenvalue weighted by Crippen LogP contribution is 2.22. The van der Waals surface area contributed by atoms with E-state index in [1.165, 1.54) is 5.69 Å². The smallest absolute Gasteiger partial charge is 0.218 e. The molecule has 1 aromatic heterocycles. The summed E-state index contributed by atoms with van der Waals surface area (Å²) in [6, 6.07) is 12.7. The summed E-state index contributed by atoms with van der Waals surface area (Å²) in [6.45, 7) is 2.60. The third kappa shape index (κ3) is 5.97. The van der Waals surface area contributed by atoms with E-state index < -0.39 is 0 Å². The minimum absolute atomic E-state index is 0. The normalized spacial score (nSPS) is 16.6. The zero-order chi connectivity index (χ0) is 18.4. The Labute approximate surface area is 186 Å². The Bertz CT molecular complexity index is 756. The van der Waals surface area contributed by atoms with Gasteiger partial charge in [-0.2, -0.15) is 0 Å². The molecule has 0 aliphatic carbocycles. The van der Waals surface area contributed by atoms with E-state index in [-0.39, 0.29) is 24.0 Å². The van der Waals surface area contributed by atoms with Crippen LogP contribution < -0.4 is 20.3 Å². The van der Waals surface area contributed by atoms with E-state index >= 15 is 0 Å². The first-order chi connectivity index (χ1) is 12.7. The van der Waals surface area contributed by atoms with Crippen LogP contribution in [0.15, 0.2) is 52.1 Å². The lowest BCUT2D eigenvalue weighted by Crippen LogP contribution is -2.44. The highest BCUT2D eigenvalue weighted by molar-refractivity contribution is 14.0. The van der Waals surface area contributed by atoms with E-state index in [1.54, 1.807) is 20.4 Å².